The second kappa shape index (κ2) is 3.67. The van der Waals surface area contributed by atoms with Crippen LogP contribution in [0.3, 0.4) is 0 Å². The standard InChI is InChI=1S/C8H9N5OS/c1-3-14-4-2-13(1)8-6-7(9-5-10-8)12-15-11-6/h5H,1-4H2. The minimum atomic E-state index is 0.677. The zero-order valence-corrected chi connectivity index (χ0v) is 8.77. The van der Waals surface area contributed by atoms with Gasteiger partial charge in [-0.1, -0.05) is 0 Å². The third-order valence-corrected chi connectivity index (χ3v) is 2.87. The van der Waals surface area contributed by atoms with Gasteiger partial charge in [-0.3, -0.25) is 0 Å². The van der Waals surface area contributed by atoms with Crippen molar-refractivity contribution < 1.29 is 4.74 Å². The van der Waals surface area contributed by atoms with E-state index in [2.05, 4.69) is 23.6 Å². The Morgan fingerprint density at radius 1 is 1.20 bits per heavy atom. The molecule has 2 aromatic rings. The first-order valence-electron chi connectivity index (χ1n) is 4.71. The van der Waals surface area contributed by atoms with Gasteiger partial charge in [-0.05, 0) is 0 Å². The van der Waals surface area contributed by atoms with Gasteiger partial charge in [0.05, 0.1) is 24.9 Å². The summed E-state index contributed by atoms with van der Waals surface area (Å²) in [6.07, 6.45) is 1.54. The third-order valence-electron chi connectivity index (χ3n) is 2.35. The van der Waals surface area contributed by atoms with E-state index >= 15 is 0 Å². The highest BCUT2D eigenvalue weighted by Gasteiger charge is 2.17. The number of anilines is 1. The summed E-state index contributed by atoms with van der Waals surface area (Å²) in [6.45, 7) is 3.18. The number of rotatable bonds is 1. The lowest BCUT2D eigenvalue weighted by Crippen LogP contribution is -2.36. The Bertz CT molecular complexity index is 467. The van der Waals surface area contributed by atoms with E-state index in [4.69, 9.17) is 4.74 Å². The number of nitrogens with zero attached hydrogens (tertiary/aromatic N) is 5. The first-order valence-corrected chi connectivity index (χ1v) is 5.44. The Hall–Kier alpha value is -1.34. The van der Waals surface area contributed by atoms with Crippen molar-refractivity contribution in [3.8, 4) is 0 Å². The van der Waals surface area contributed by atoms with Gasteiger partial charge in [0.1, 0.15) is 6.33 Å². The van der Waals surface area contributed by atoms with E-state index in [9.17, 15) is 0 Å². The molecule has 1 fully saturated rings. The van der Waals surface area contributed by atoms with Gasteiger partial charge in [0, 0.05) is 13.1 Å². The lowest BCUT2D eigenvalue weighted by molar-refractivity contribution is 0.122. The van der Waals surface area contributed by atoms with E-state index in [1.165, 1.54) is 18.1 Å². The minimum Gasteiger partial charge on any atom is -0.378 e. The van der Waals surface area contributed by atoms with Gasteiger partial charge in [-0.15, -0.1) is 0 Å². The van der Waals surface area contributed by atoms with E-state index < -0.39 is 0 Å². The first kappa shape index (κ1) is 8.93. The predicted molar refractivity (Wildman–Crippen MR) is 56.0 cm³/mol. The van der Waals surface area contributed by atoms with Crippen LogP contribution in [0, 0.1) is 0 Å². The summed E-state index contributed by atoms with van der Waals surface area (Å²) in [6, 6.07) is 0. The molecule has 3 heterocycles. The van der Waals surface area contributed by atoms with Crippen LogP contribution in [-0.2, 0) is 4.74 Å². The second-order valence-corrected chi connectivity index (χ2v) is 3.76. The van der Waals surface area contributed by atoms with Crippen molar-refractivity contribution >= 4 is 28.7 Å². The number of fused-ring (bicyclic) bond motifs is 1. The fourth-order valence-corrected chi connectivity index (χ4v) is 2.11. The number of morpholine rings is 1. The zero-order chi connectivity index (χ0) is 10.1. The van der Waals surface area contributed by atoms with Crippen molar-refractivity contribution in [1.82, 2.24) is 18.7 Å². The fraction of sp³-hybridized carbons (Fsp3) is 0.500. The van der Waals surface area contributed by atoms with Gasteiger partial charge in [-0.2, -0.15) is 8.75 Å². The maximum atomic E-state index is 5.30. The Kier molecular flexibility index (Phi) is 2.18. The van der Waals surface area contributed by atoms with Crippen molar-refractivity contribution in [3.05, 3.63) is 6.33 Å². The van der Waals surface area contributed by atoms with Crippen molar-refractivity contribution in [1.29, 1.82) is 0 Å². The highest BCUT2D eigenvalue weighted by atomic mass is 32.1. The van der Waals surface area contributed by atoms with Gasteiger partial charge in [0.2, 0.25) is 0 Å². The van der Waals surface area contributed by atoms with Crippen LogP contribution < -0.4 is 4.90 Å². The van der Waals surface area contributed by atoms with E-state index in [1.807, 2.05) is 0 Å². The Morgan fingerprint density at radius 2 is 2.07 bits per heavy atom. The van der Waals surface area contributed by atoms with Crippen LogP contribution in [0.15, 0.2) is 6.33 Å². The molecule has 1 aliphatic heterocycles. The monoisotopic (exact) mass is 223 g/mol. The maximum absolute atomic E-state index is 5.30. The molecule has 78 valence electrons. The normalized spacial score (nSPS) is 17.2. The number of hydrogen-bond acceptors (Lipinski definition) is 7. The largest absolute Gasteiger partial charge is 0.378 e. The molecule has 0 N–H and O–H groups in total. The van der Waals surface area contributed by atoms with E-state index in [0.717, 1.165) is 37.6 Å². The van der Waals surface area contributed by atoms with Crippen LogP contribution >= 0.6 is 11.7 Å². The molecule has 15 heavy (non-hydrogen) atoms. The van der Waals surface area contributed by atoms with E-state index in [0.29, 0.717) is 5.65 Å². The van der Waals surface area contributed by atoms with Gasteiger partial charge in [0.25, 0.3) is 0 Å². The summed E-state index contributed by atoms with van der Waals surface area (Å²) in [4.78, 5) is 10.5. The van der Waals surface area contributed by atoms with Crippen LogP contribution in [0.1, 0.15) is 0 Å². The van der Waals surface area contributed by atoms with Gasteiger partial charge in [0.15, 0.2) is 17.0 Å². The van der Waals surface area contributed by atoms with Crippen LogP contribution in [0.25, 0.3) is 11.2 Å². The Labute approximate surface area is 90.2 Å². The molecular formula is C8H9N5OS. The molecule has 3 rings (SSSR count). The Balaban J connectivity index is 2.05. The fourth-order valence-electron chi connectivity index (χ4n) is 1.62. The molecular weight excluding hydrogens is 214 g/mol. The quantitative estimate of drug-likeness (QED) is 0.693. The molecule has 0 atom stereocenters. The molecule has 1 saturated heterocycles. The molecule has 0 amide bonds. The zero-order valence-electron chi connectivity index (χ0n) is 7.96. The highest BCUT2D eigenvalue weighted by Crippen LogP contribution is 2.21. The molecule has 0 bridgehead atoms. The lowest BCUT2D eigenvalue weighted by Gasteiger charge is -2.27. The second-order valence-electron chi connectivity index (χ2n) is 3.23. The summed E-state index contributed by atoms with van der Waals surface area (Å²) in [5, 5.41) is 0. The van der Waals surface area contributed by atoms with Crippen LogP contribution in [-0.4, -0.2) is 45.0 Å². The predicted octanol–water partition coefficient (Wildman–Crippen LogP) is 0.318. The lowest BCUT2D eigenvalue weighted by atomic mass is 10.4. The molecule has 0 saturated carbocycles. The van der Waals surface area contributed by atoms with Gasteiger partial charge in [-0.25, -0.2) is 9.97 Å². The van der Waals surface area contributed by atoms with Crippen LogP contribution in [0.5, 0.6) is 0 Å². The maximum Gasteiger partial charge on any atom is 0.198 e. The summed E-state index contributed by atoms with van der Waals surface area (Å²) in [5.74, 6) is 0.872. The topological polar surface area (TPSA) is 64.0 Å². The van der Waals surface area contributed by atoms with Crippen LogP contribution in [0.2, 0.25) is 0 Å². The molecule has 2 aromatic heterocycles. The molecule has 0 spiro atoms. The molecule has 0 radical (unpaired) electrons. The van der Waals surface area contributed by atoms with Gasteiger partial charge >= 0.3 is 0 Å². The smallest absolute Gasteiger partial charge is 0.198 e. The van der Waals surface area contributed by atoms with E-state index in [-0.39, 0.29) is 0 Å². The molecule has 7 heteroatoms. The summed E-state index contributed by atoms with van der Waals surface area (Å²) >= 11 is 1.17. The minimum absolute atomic E-state index is 0.677. The first-order chi connectivity index (χ1) is 7.45. The summed E-state index contributed by atoms with van der Waals surface area (Å²) in [5.41, 5.74) is 1.47. The van der Waals surface area contributed by atoms with E-state index in [1.54, 1.807) is 0 Å². The van der Waals surface area contributed by atoms with Crippen molar-refractivity contribution in [2.24, 2.45) is 0 Å². The molecule has 6 nitrogen and oxygen atoms in total. The Morgan fingerprint density at radius 3 is 2.93 bits per heavy atom. The molecule has 0 unspecified atom stereocenters. The van der Waals surface area contributed by atoms with Crippen LogP contribution in [0.4, 0.5) is 5.82 Å². The number of aromatic nitrogens is 4. The SMILES string of the molecule is c1nc(N2CCOCC2)c2nsnc2n1. The molecule has 0 aromatic carbocycles. The number of ether oxygens (including phenoxy) is 1. The van der Waals surface area contributed by atoms with Crippen molar-refractivity contribution in [2.45, 2.75) is 0 Å². The van der Waals surface area contributed by atoms with Crippen molar-refractivity contribution in [3.63, 3.8) is 0 Å². The average molecular weight is 223 g/mol. The third kappa shape index (κ3) is 1.53. The van der Waals surface area contributed by atoms with Gasteiger partial charge < -0.3 is 9.64 Å². The summed E-state index contributed by atoms with van der Waals surface area (Å²) in [7, 11) is 0. The summed E-state index contributed by atoms with van der Waals surface area (Å²) < 4.78 is 13.6. The number of hydrogen-bond donors (Lipinski definition) is 0. The molecule has 0 aliphatic carbocycles. The average Bonchev–Trinajstić information content (AvgIpc) is 2.78. The highest BCUT2D eigenvalue weighted by molar-refractivity contribution is 7.00. The van der Waals surface area contributed by atoms with Crippen molar-refractivity contribution in [2.75, 3.05) is 31.2 Å². The molecule has 1 aliphatic rings.